The number of benzene rings is 1. The highest BCUT2D eigenvalue weighted by Crippen LogP contribution is 2.35. The summed E-state index contributed by atoms with van der Waals surface area (Å²) in [4.78, 5) is 14.7. The van der Waals surface area contributed by atoms with Crippen LogP contribution >= 0.6 is 0 Å². The lowest BCUT2D eigenvalue weighted by molar-refractivity contribution is 0.105. The van der Waals surface area contributed by atoms with Crippen molar-refractivity contribution in [2.45, 2.75) is 58.2 Å². The van der Waals surface area contributed by atoms with E-state index in [1.54, 1.807) is 0 Å². The van der Waals surface area contributed by atoms with E-state index >= 15 is 0 Å². The summed E-state index contributed by atoms with van der Waals surface area (Å²) in [6.07, 6.45) is 4.97. The number of hydrogen-bond acceptors (Lipinski definition) is 3. The number of urea groups is 1. The van der Waals surface area contributed by atoms with Crippen LogP contribution in [0.5, 0.6) is 0 Å². The Hall–Kier alpha value is -2.34. The zero-order chi connectivity index (χ0) is 19.3. The molecule has 2 aromatic rings. The topological polar surface area (TPSA) is 59.4 Å². The van der Waals surface area contributed by atoms with Crippen LogP contribution in [0.2, 0.25) is 0 Å². The molecule has 0 radical (unpaired) electrons. The van der Waals surface area contributed by atoms with Gasteiger partial charge in [0.25, 0.3) is 0 Å². The highest BCUT2D eigenvalue weighted by atomic mass is 16.5. The number of likely N-dealkylation sites (tertiary alicyclic amines) is 1. The molecule has 4 rings (SSSR count). The second-order valence-corrected chi connectivity index (χ2v) is 7.69. The molecule has 28 heavy (non-hydrogen) atoms. The molecular weight excluding hydrogens is 352 g/mol. The first kappa shape index (κ1) is 19.0. The molecule has 0 aliphatic carbocycles. The molecule has 2 amide bonds. The third kappa shape index (κ3) is 3.92. The number of ether oxygens (including phenoxy) is 1. The molecule has 150 valence electrons. The average Bonchev–Trinajstić information content (AvgIpc) is 3.11. The van der Waals surface area contributed by atoms with E-state index < -0.39 is 0 Å². The molecule has 1 saturated heterocycles. The lowest BCUT2D eigenvalue weighted by atomic mass is 9.95. The summed E-state index contributed by atoms with van der Waals surface area (Å²) in [5.41, 5.74) is 4.75. The Morgan fingerprint density at radius 2 is 2.14 bits per heavy atom. The maximum atomic E-state index is 12.8. The van der Waals surface area contributed by atoms with E-state index in [2.05, 4.69) is 41.2 Å². The molecule has 1 N–H and O–H groups in total. The summed E-state index contributed by atoms with van der Waals surface area (Å²) in [6, 6.07) is 10.5. The van der Waals surface area contributed by atoms with Crippen molar-refractivity contribution in [3.63, 3.8) is 0 Å². The summed E-state index contributed by atoms with van der Waals surface area (Å²) in [6.45, 7) is 5.68. The first-order valence-electron chi connectivity index (χ1n) is 10.5. The molecule has 1 aromatic carbocycles. The monoisotopic (exact) mass is 382 g/mol. The van der Waals surface area contributed by atoms with E-state index in [-0.39, 0.29) is 12.1 Å². The van der Waals surface area contributed by atoms with E-state index in [9.17, 15) is 4.79 Å². The fourth-order valence-corrected chi connectivity index (χ4v) is 4.28. The van der Waals surface area contributed by atoms with Gasteiger partial charge < -0.3 is 15.0 Å². The fraction of sp³-hybridized carbons (Fsp3) is 0.545. The van der Waals surface area contributed by atoms with Crippen molar-refractivity contribution in [1.82, 2.24) is 20.0 Å². The van der Waals surface area contributed by atoms with E-state index in [0.717, 1.165) is 57.5 Å². The summed E-state index contributed by atoms with van der Waals surface area (Å²) in [5.74, 6) is 0. The van der Waals surface area contributed by atoms with E-state index in [1.165, 1.54) is 16.8 Å². The third-order valence-electron chi connectivity index (χ3n) is 5.71. The maximum Gasteiger partial charge on any atom is 0.317 e. The Kier molecular flexibility index (Phi) is 5.95. The minimum Gasteiger partial charge on any atom is -0.376 e. The largest absolute Gasteiger partial charge is 0.376 e. The van der Waals surface area contributed by atoms with Crippen LogP contribution in [0.3, 0.4) is 0 Å². The van der Waals surface area contributed by atoms with Crippen molar-refractivity contribution in [2.24, 2.45) is 0 Å². The van der Waals surface area contributed by atoms with Crippen molar-refractivity contribution in [3.05, 3.63) is 52.8 Å². The first-order valence-corrected chi connectivity index (χ1v) is 10.5. The van der Waals surface area contributed by atoms with Gasteiger partial charge in [0, 0.05) is 30.8 Å². The van der Waals surface area contributed by atoms with Crippen LogP contribution in [-0.2, 0) is 24.3 Å². The number of nitrogens with zero attached hydrogens (tertiary/aromatic N) is 3. The summed E-state index contributed by atoms with van der Waals surface area (Å²) in [5, 5.41) is 8.09. The van der Waals surface area contributed by atoms with Gasteiger partial charge in [-0.25, -0.2) is 4.79 Å². The molecule has 3 heterocycles. The smallest absolute Gasteiger partial charge is 0.317 e. The number of aromatic nitrogens is 2. The Morgan fingerprint density at radius 1 is 1.29 bits per heavy atom. The predicted molar refractivity (Wildman–Crippen MR) is 108 cm³/mol. The molecular formula is C22H30N4O2. The van der Waals surface area contributed by atoms with Gasteiger partial charge >= 0.3 is 6.03 Å². The average molecular weight is 383 g/mol. The second kappa shape index (κ2) is 8.78. The highest BCUT2D eigenvalue weighted by molar-refractivity contribution is 5.74. The number of piperidine rings is 1. The zero-order valence-corrected chi connectivity index (χ0v) is 16.7. The van der Waals surface area contributed by atoms with Gasteiger partial charge in [-0.15, -0.1) is 0 Å². The molecule has 1 unspecified atom stereocenters. The van der Waals surface area contributed by atoms with Gasteiger partial charge in [-0.3, -0.25) is 4.68 Å². The molecule has 0 spiro atoms. The number of carbonyl (C=O) groups excluding carboxylic acids is 1. The van der Waals surface area contributed by atoms with Crippen molar-refractivity contribution in [3.8, 4) is 0 Å². The van der Waals surface area contributed by atoms with Crippen LogP contribution < -0.4 is 5.32 Å². The van der Waals surface area contributed by atoms with Gasteiger partial charge in [0.1, 0.15) is 0 Å². The molecule has 1 fully saturated rings. The molecule has 0 bridgehead atoms. The molecule has 2 aliphatic heterocycles. The number of rotatable bonds is 5. The van der Waals surface area contributed by atoms with Crippen molar-refractivity contribution in [1.29, 1.82) is 0 Å². The van der Waals surface area contributed by atoms with Crippen LogP contribution in [0.25, 0.3) is 0 Å². The number of carbonyl (C=O) groups is 1. The maximum absolute atomic E-state index is 12.8. The number of amides is 2. The van der Waals surface area contributed by atoms with Crippen LogP contribution in [-0.4, -0.2) is 40.4 Å². The minimum absolute atomic E-state index is 0.0367. The predicted octanol–water partition coefficient (Wildman–Crippen LogP) is 3.65. The molecule has 0 saturated carbocycles. The molecule has 1 atom stereocenters. The molecule has 6 nitrogen and oxygen atoms in total. The normalized spacial score (nSPS) is 19.3. The minimum atomic E-state index is 0.0367. The second-order valence-electron chi connectivity index (χ2n) is 7.69. The number of nitrogens with one attached hydrogen (secondary N) is 1. The number of fused-ring (bicyclic) bond motifs is 1. The Balaban J connectivity index is 1.65. The Bertz CT molecular complexity index is 802. The Labute approximate surface area is 166 Å². The lowest BCUT2D eigenvalue weighted by Crippen LogP contribution is -2.45. The summed E-state index contributed by atoms with van der Waals surface area (Å²) >= 11 is 0. The quantitative estimate of drug-likeness (QED) is 0.859. The summed E-state index contributed by atoms with van der Waals surface area (Å²) < 4.78 is 7.92. The van der Waals surface area contributed by atoms with Gasteiger partial charge in [0.15, 0.2) is 0 Å². The SMILES string of the molecule is CCCNC(=O)N1CCCCC1c1nn(Cc2ccccc2)c2c1COCC2. The standard InChI is InChI=1S/C22H30N4O2/c1-2-12-23-22(27)25-13-7-6-10-20(25)21-18-16-28-14-11-19(18)26(24-21)15-17-8-4-3-5-9-17/h3-5,8-9,20H,2,6-7,10-16H2,1H3,(H,23,27). The van der Waals surface area contributed by atoms with Crippen LogP contribution in [0.4, 0.5) is 4.79 Å². The van der Waals surface area contributed by atoms with Crippen molar-refractivity contribution < 1.29 is 9.53 Å². The van der Waals surface area contributed by atoms with Crippen molar-refractivity contribution >= 4 is 6.03 Å². The molecule has 2 aliphatic rings. The van der Waals surface area contributed by atoms with Crippen LogP contribution in [0, 0.1) is 0 Å². The van der Waals surface area contributed by atoms with E-state index in [0.29, 0.717) is 13.2 Å². The van der Waals surface area contributed by atoms with Gasteiger partial charge in [0.05, 0.1) is 31.5 Å². The van der Waals surface area contributed by atoms with Gasteiger partial charge in [-0.2, -0.15) is 5.10 Å². The van der Waals surface area contributed by atoms with Gasteiger partial charge in [0.2, 0.25) is 0 Å². The van der Waals surface area contributed by atoms with Gasteiger partial charge in [-0.05, 0) is 31.2 Å². The summed E-state index contributed by atoms with van der Waals surface area (Å²) in [7, 11) is 0. The molecule has 1 aromatic heterocycles. The zero-order valence-electron chi connectivity index (χ0n) is 16.7. The van der Waals surface area contributed by atoms with Gasteiger partial charge in [-0.1, -0.05) is 37.3 Å². The molecule has 6 heteroatoms. The fourth-order valence-electron chi connectivity index (χ4n) is 4.28. The van der Waals surface area contributed by atoms with E-state index in [1.807, 2.05) is 11.0 Å². The van der Waals surface area contributed by atoms with Crippen LogP contribution in [0.15, 0.2) is 30.3 Å². The highest BCUT2D eigenvalue weighted by Gasteiger charge is 2.34. The number of hydrogen-bond donors (Lipinski definition) is 1. The first-order chi connectivity index (χ1) is 13.8. The van der Waals surface area contributed by atoms with E-state index in [4.69, 9.17) is 9.84 Å². The van der Waals surface area contributed by atoms with Crippen LogP contribution in [0.1, 0.15) is 61.2 Å². The lowest BCUT2D eigenvalue weighted by Gasteiger charge is -2.35. The third-order valence-corrected chi connectivity index (χ3v) is 5.71. The Morgan fingerprint density at radius 3 is 2.96 bits per heavy atom. The van der Waals surface area contributed by atoms with Crippen molar-refractivity contribution in [2.75, 3.05) is 19.7 Å².